The molecule has 7 heteroatoms. The lowest BCUT2D eigenvalue weighted by atomic mass is 10.2. The number of primary sulfonamides is 1. The van der Waals surface area contributed by atoms with Crippen molar-refractivity contribution in [1.29, 1.82) is 0 Å². The van der Waals surface area contributed by atoms with Crippen molar-refractivity contribution in [3.8, 4) is 0 Å². The Balaban J connectivity index is 2.19. The molecule has 0 bridgehead atoms. The number of hydrogen-bond donors (Lipinski definition) is 2. The van der Waals surface area contributed by atoms with Crippen molar-refractivity contribution in [3.05, 3.63) is 28.8 Å². The zero-order valence-electron chi connectivity index (χ0n) is 10.4. The van der Waals surface area contributed by atoms with Crippen molar-refractivity contribution >= 4 is 27.5 Å². The molecule has 1 fully saturated rings. The molecule has 3 N–H and O–H groups in total. The van der Waals surface area contributed by atoms with Gasteiger partial charge in [0.05, 0.1) is 5.02 Å². The molecule has 104 valence electrons. The van der Waals surface area contributed by atoms with Gasteiger partial charge in [0.25, 0.3) is 5.91 Å². The van der Waals surface area contributed by atoms with Crippen LogP contribution in [0.3, 0.4) is 0 Å². The molecule has 2 unspecified atom stereocenters. The number of hydrogen-bond acceptors (Lipinski definition) is 3. The molecule has 2 atom stereocenters. The predicted octanol–water partition coefficient (Wildman–Crippen LogP) is 1.52. The highest BCUT2D eigenvalue weighted by molar-refractivity contribution is 7.89. The van der Waals surface area contributed by atoms with Crippen LogP contribution >= 0.6 is 11.6 Å². The summed E-state index contributed by atoms with van der Waals surface area (Å²) in [6.45, 7) is 2.07. The summed E-state index contributed by atoms with van der Waals surface area (Å²) in [6.07, 6.45) is 1.99. The minimum atomic E-state index is -3.93. The smallest absolute Gasteiger partial charge is 0.251 e. The molecule has 1 saturated carbocycles. The number of carbonyl (C=O) groups excluding carboxylic acids is 1. The number of halogens is 1. The molecule has 0 spiro atoms. The molecule has 1 aromatic rings. The number of carbonyl (C=O) groups is 1. The number of nitrogens with one attached hydrogen (secondary N) is 1. The summed E-state index contributed by atoms with van der Waals surface area (Å²) in [4.78, 5) is 11.7. The second-order valence-electron chi connectivity index (χ2n) is 4.67. The van der Waals surface area contributed by atoms with E-state index in [1.807, 2.05) is 0 Å². The molecule has 5 nitrogen and oxygen atoms in total. The van der Waals surface area contributed by atoms with Gasteiger partial charge in [-0.15, -0.1) is 0 Å². The van der Waals surface area contributed by atoms with Crippen LogP contribution in [0.2, 0.25) is 5.02 Å². The molecule has 0 aliphatic heterocycles. The van der Waals surface area contributed by atoms with E-state index in [4.69, 9.17) is 16.7 Å². The van der Waals surface area contributed by atoms with Gasteiger partial charge >= 0.3 is 0 Å². The first-order valence-corrected chi connectivity index (χ1v) is 7.88. The first kappa shape index (κ1) is 14.3. The standard InChI is InChI=1S/C12H15ClN2O3S/c1-2-7-5-10(7)15-12(16)8-3-4-9(13)11(6-8)19(14,17)18/h3-4,6-7,10H,2,5H2,1H3,(H,15,16)(H2,14,17,18). The fraction of sp³-hybridized carbons (Fsp3) is 0.417. The molecule has 1 amide bonds. The van der Waals surface area contributed by atoms with Gasteiger partial charge in [0, 0.05) is 11.6 Å². The lowest BCUT2D eigenvalue weighted by Crippen LogP contribution is -2.27. The van der Waals surface area contributed by atoms with Crippen LogP contribution in [-0.4, -0.2) is 20.4 Å². The highest BCUT2D eigenvalue weighted by atomic mass is 35.5. The summed E-state index contributed by atoms with van der Waals surface area (Å²) >= 11 is 5.76. The molecule has 1 aliphatic rings. The van der Waals surface area contributed by atoms with Crippen molar-refractivity contribution in [3.63, 3.8) is 0 Å². The Morgan fingerprint density at radius 1 is 1.53 bits per heavy atom. The van der Waals surface area contributed by atoms with Crippen LogP contribution in [0.1, 0.15) is 30.1 Å². The summed E-state index contributed by atoms with van der Waals surface area (Å²) in [6, 6.07) is 4.23. The molecule has 1 aliphatic carbocycles. The number of rotatable bonds is 4. The molecule has 0 saturated heterocycles. The SMILES string of the molecule is CCC1CC1NC(=O)c1ccc(Cl)c(S(N)(=O)=O)c1. The monoisotopic (exact) mass is 302 g/mol. The third-order valence-electron chi connectivity index (χ3n) is 3.26. The van der Waals surface area contributed by atoms with Gasteiger partial charge in [-0.2, -0.15) is 0 Å². The van der Waals surface area contributed by atoms with Crippen molar-refractivity contribution in [2.24, 2.45) is 11.1 Å². The van der Waals surface area contributed by atoms with Crippen LogP contribution in [0.25, 0.3) is 0 Å². The average Bonchev–Trinajstić information content (AvgIpc) is 3.06. The van der Waals surface area contributed by atoms with E-state index in [-0.39, 0.29) is 27.4 Å². The van der Waals surface area contributed by atoms with Gasteiger partial charge < -0.3 is 5.32 Å². The lowest BCUT2D eigenvalue weighted by molar-refractivity contribution is 0.0949. The van der Waals surface area contributed by atoms with Crippen LogP contribution in [-0.2, 0) is 10.0 Å². The van der Waals surface area contributed by atoms with E-state index in [0.29, 0.717) is 5.92 Å². The molecule has 0 aromatic heterocycles. The Morgan fingerprint density at radius 3 is 2.74 bits per heavy atom. The van der Waals surface area contributed by atoms with Gasteiger partial charge in [-0.25, -0.2) is 13.6 Å². The fourth-order valence-electron chi connectivity index (χ4n) is 1.99. The summed E-state index contributed by atoms with van der Waals surface area (Å²) in [7, 11) is -3.93. The number of sulfonamides is 1. The molecule has 1 aromatic carbocycles. The third kappa shape index (κ3) is 3.26. The Hall–Kier alpha value is -1.11. The highest BCUT2D eigenvalue weighted by Crippen LogP contribution is 2.33. The maximum Gasteiger partial charge on any atom is 0.251 e. The third-order valence-corrected chi connectivity index (χ3v) is 4.66. The Kier molecular flexibility index (Phi) is 3.85. The summed E-state index contributed by atoms with van der Waals surface area (Å²) in [5, 5.41) is 7.90. The molecular formula is C12H15ClN2O3S. The normalized spacial score (nSPS) is 22.1. The quantitative estimate of drug-likeness (QED) is 0.883. The van der Waals surface area contributed by atoms with E-state index in [0.717, 1.165) is 12.8 Å². The Morgan fingerprint density at radius 2 is 2.21 bits per heavy atom. The number of amides is 1. The number of nitrogens with two attached hydrogens (primary N) is 1. The summed E-state index contributed by atoms with van der Waals surface area (Å²) < 4.78 is 22.6. The first-order chi connectivity index (χ1) is 8.82. The molecule has 2 rings (SSSR count). The van der Waals surface area contributed by atoms with E-state index < -0.39 is 10.0 Å². The van der Waals surface area contributed by atoms with Gasteiger partial charge in [-0.05, 0) is 30.5 Å². The lowest BCUT2D eigenvalue weighted by Gasteiger charge is -2.07. The zero-order valence-corrected chi connectivity index (χ0v) is 12.0. The van der Waals surface area contributed by atoms with Gasteiger partial charge in [0.15, 0.2) is 0 Å². The zero-order chi connectivity index (χ0) is 14.2. The van der Waals surface area contributed by atoms with Crippen molar-refractivity contribution in [2.45, 2.75) is 30.7 Å². The molecular weight excluding hydrogens is 288 g/mol. The van der Waals surface area contributed by atoms with Crippen LogP contribution in [0.5, 0.6) is 0 Å². The van der Waals surface area contributed by atoms with Gasteiger partial charge in [-0.3, -0.25) is 4.79 Å². The van der Waals surface area contributed by atoms with E-state index in [1.165, 1.54) is 18.2 Å². The van der Waals surface area contributed by atoms with Crippen LogP contribution in [0, 0.1) is 5.92 Å². The largest absolute Gasteiger partial charge is 0.349 e. The molecule has 19 heavy (non-hydrogen) atoms. The van der Waals surface area contributed by atoms with E-state index >= 15 is 0 Å². The highest BCUT2D eigenvalue weighted by Gasteiger charge is 2.36. The van der Waals surface area contributed by atoms with E-state index in [2.05, 4.69) is 12.2 Å². The van der Waals surface area contributed by atoms with E-state index in [1.54, 1.807) is 0 Å². The number of benzene rings is 1. The fourth-order valence-corrected chi connectivity index (χ4v) is 3.06. The van der Waals surface area contributed by atoms with Crippen LogP contribution < -0.4 is 10.5 Å². The maximum absolute atomic E-state index is 12.0. The van der Waals surface area contributed by atoms with Gasteiger partial charge in [-0.1, -0.05) is 24.9 Å². The summed E-state index contributed by atoms with van der Waals surface area (Å²) in [5.41, 5.74) is 0.246. The van der Waals surface area contributed by atoms with E-state index in [9.17, 15) is 13.2 Å². The minimum absolute atomic E-state index is 0.0110. The van der Waals surface area contributed by atoms with Crippen molar-refractivity contribution < 1.29 is 13.2 Å². The topological polar surface area (TPSA) is 89.3 Å². The van der Waals surface area contributed by atoms with Crippen molar-refractivity contribution in [2.75, 3.05) is 0 Å². The first-order valence-electron chi connectivity index (χ1n) is 5.96. The minimum Gasteiger partial charge on any atom is -0.349 e. The predicted molar refractivity (Wildman–Crippen MR) is 72.5 cm³/mol. The Labute approximate surface area is 117 Å². The van der Waals surface area contributed by atoms with Crippen LogP contribution in [0.4, 0.5) is 0 Å². The molecule has 0 radical (unpaired) electrons. The second-order valence-corrected chi connectivity index (χ2v) is 6.61. The van der Waals surface area contributed by atoms with Crippen molar-refractivity contribution in [1.82, 2.24) is 5.32 Å². The van der Waals surface area contributed by atoms with Crippen LogP contribution in [0.15, 0.2) is 23.1 Å². The average molecular weight is 303 g/mol. The van der Waals surface area contributed by atoms with Gasteiger partial charge in [0.1, 0.15) is 4.90 Å². The van der Waals surface area contributed by atoms with Gasteiger partial charge in [0.2, 0.25) is 10.0 Å². The Bertz CT molecular complexity index is 615. The molecule has 0 heterocycles. The maximum atomic E-state index is 12.0. The second kappa shape index (κ2) is 5.11. The summed E-state index contributed by atoms with van der Waals surface area (Å²) in [5.74, 6) is 0.219.